The predicted octanol–water partition coefficient (Wildman–Crippen LogP) is 1.89. The molecule has 2 rings (SSSR count). The summed E-state index contributed by atoms with van der Waals surface area (Å²) in [4.78, 5) is 24.0. The molecule has 114 valence electrons. The molecule has 1 aromatic carbocycles. The first kappa shape index (κ1) is 15.4. The molecular formula is C14H17FN2O4. The number of amides is 1. The summed E-state index contributed by atoms with van der Waals surface area (Å²) in [6, 6.07) is 2.11. The Morgan fingerprint density at radius 2 is 2.29 bits per heavy atom. The maximum atomic E-state index is 14.1. The van der Waals surface area contributed by atoms with Gasteiger partial charge in [-0.2, -0.15) is 0 Å². The lowest BCUT2D eigenvalue weighted by atomic mass is 10.1. The third-order valence-corrected chi connectivity index (χ3v) is 3.79. The number of carbonyl (C=O) groups is 1. The van der Waals surface area contributed by atoms with Gasteiger partial charge in [0, 0.05) is 31.8 Å². The van der Waals surface area contributed by atoms with Gasteiger partial charge in [0.1, 0.15) is 5.82 Å². The van der Waals surface area contributed by atoms with Crippen LogP contribution in [-0.2, 0) is 0 Å². The van der Waals surface area contributed by atoms with Crippen molar-refractivity contribution in [1.82, 2.24) is 4.90 Å². The fourth-order valence-electron chi connectivity index (χ4n) is 2.62. The van der Waals surface area contributed by atoms with Gasteiger partial charge in [-0.1, -0.05) is 0 Å². The Morgan fingerprint density at radius 1 is 1.57 bits per heavy atom. The van der Waals surface area contributed by atoms with Crippen LogP contribution in [0.25, 0.3) is 0 Å². The number of nitro benzene ring substituents is 1. The van der Waals surface area contributed by atoms with E-state index in [2.05, 4.69) is 0 Å². The summed E-state index contributed by atoms with van der Waals surface area (Å²) in [6.45, 7) is 2.37. The normalized spacial score (nSPS) is 18.0. The van der Waals surface area contributed by atoms with Crippen molar-refractivity contribution in [3.8, 4) is 0 Å². The smallest absolute Gasteiger partial charge is 0.270 e. The van der Waals surface area contributed by atoms with Crippen LogP contribution in [0.1, 0.15) is 28.8 Å². The van der Waals surface area contributed by atoms with Gasteiger partial charge in [-0.3, -0.25) is 14.9 Å². The van der Waals surface area contributed by atoms with E-state index in [0.717, 1.165) is 18.6 Å². The van der Waals surface area contributed by atoms with Crippen LogP contribution in [0.5, 0.6) is 0 Å². The molecule has 1 N–H and O–H groups in total. The van der Waals surface area contributed by atoms with Crippen LogP contribution >= 0.6 is 0 Å². The van der Waals surface area contributed by atoms with E-state index < -0.39 is 16.6 Å². The molecule has 6 nitrogen and oxygen atoms in total. The largest absolute Gasteiger partial charge is 0.396 e. The fraction of sp³-hybridized carbons (Fsp3) is 0.500. The molecular weight excluding hydrogens is 279 g/mol. The number of nitrogens with zero attached hydrogens (tertiary/aromatic N) is 2. The van der Waals surface area contributed by atoms with Crippen LogP contribution in [0.2, 0.25) is 0 Å². The molecule has 1 heterocycles. The molecule has 0 aromatic heterocycles. The van der Waals surface area contributed by atoms with Crippen molar-refractivity contribution in [3.05, 3.63) is 39.2 Å². The van der Waals surface area contributed by atoms with E-state index in [-0.39, 0.29) is 29.3 Å². The first-order valence-corrected chi connectivity index (χ1v) is 6.78. The number of benzene rings is 1. The minimum atomic E-state index is -0.712. The Labute approximate surface area is 121 Å². The number of non-ortho nitro benzene ring substituents is 1. The Bertz CT molecular complexity index is 576. The second-order valence-corrected chi connectivity index (χ2v) is 5.30. The quantitative estimate of drug-likeness (QED) is 0.679. The van der Waals surface area contributed by atoms with Gasteiger partial charge in [0.05, 0.1) is 10.5 Å². The summed E-state index contributed by atoms with van der Waals surface area (Å²) < 4.78 is 14.1. The van der Waals surface area contributed by atoms with Gasteiger partial charge < -0.3 is 10.0 Å². The van der Waals surface area contributed by atoms with Crippen LogP contribution in [0, 0.1) is 28.8 Å². The zero-order valence-corrected chi connectivity index (χ0v) is 11.7. The molecule has 1 aliphatic rings. The highest BCUT2D eigenvalue weighted by Crippen LogP contribution is 2.25. The van der Waals surface area contributed by atoms with E-state index in [1.165, 1.54) is 11.8 Å². The van der Waals surface area contributed by atoms with Crippen LogP contribution in [-0.4, -0.2) is 40.5 Å². The van der Waals surface area contributed by atoms with Crippen molar-refractivity contribution in [2.24, 2.45) is 5.92 Å². The number of aryl methyl sites for hydroxylation is 1. The summed E-state index contributed by atoms with van der Waals surface area (Å²) >= 11 is 0. The maximum absolute atomic E-state index is 14.1. The average Bonchev–Trinajstić information content (AvgIpc) is 2.89. The highest BCUT2D eigenvalue weighted by Gasteiger charge is 2.29. The van der Waals surface area contributed by atoms with E-state index in [0.29, 0.717) is 19.5 Å². The molecule has 21 heavy (non-hydrogen) atoms. The molecule has 0 radical (unpaired) electrons. The monoisotopic (exact) mass is 296 g/mol. The standard InChI is InChI=1S/C14H17FN2O4/c1-9-6-11(17(20)21)7-12(13(9)15)14(19)16-4-2-10(8-16)3-5-18/h6-7,10,18H,2-5,8H2,1H3. The predicted molar refractivity (Wildman–Crippen MR) is 73.5 cm³/mol. The first-order valence-electron chi connectivity index (χ1n) is 6.78. The number of hydrogen-bond donors (Lipinski definition) is 1. The zero-order valence-electron chi connectivity index (χ0n) is 11.7. The average molecular weight is 296 g/mol. The van der Waals surface area contributed by atoms with Crippen LogP contribution in [0.15, 0.2) is 12.1 Å². The number of halogens is 1. The molecule has 1 unspecified atom stereocenters. The summed E-state index contributed by atoms with van der Waals surface area (Å²) in [5, 5.41) is 19.7. The fourth-order valence-corrected chi connectivity index (χ4v) is 2.62. The zero-order chi connectivity index (χ0) is 15.6. The minimum Gasteiger partial charge on any atom is -0.396 e. The minimum absolute atomic E-state index is 0.0526. The van der Waals surface area contributed by atoms with Gasteiger partial charge in [0.25, 0.3) is 11.6 Å². The van der Waals surface area contributed by atoms with Gasteiger partial charge >= 0.3 is 0 Å². The van der Waals surface area contributed by atoms with E-state index in [1.807, 2.05) is 0 Å². The number of aliphatic hydroxyl groups is 1. The highest BCUT2D eigenvalue weighted by atomic mass is 19.1. The number of aliphatic hydroxyl groups excluding tert-OH is 1. The Morgan fingerprint density at radius 3 is 2.90 bits per heavy atom. The lowest BCUT2D eigenvalue weighted by Crippen LogP contribution is -2.29. The van der Waals surface area contributed by atoms with Crippen molar-refractivity contribution in [2.75, 3.05) is 19.7 Å². The molecule has 7 heteroatoms. The molecule has 1 aliphatic heterocycles. The molecule has 1 saturated heterocycles. The van der Waals surface area contributed by atoms with Crippen molar-refractivity contribution in [3.63, 3.8) is 0 Å². The lowest BCUT2D eigenvalue weighted by molar-refractivity contribution is -0.385. The van der Waals surface area contributed by atoms with E-state index in [4.69, 9.17) is 5.11 Å². The van der Waals surface area contributed by atoms with Gasteiger partial charge in [0.2, 0.25) is 0 Å². The second-order valence-electron chi connectivity index (χ2n) is 5.30. The summed E-state index contributed by atoms with van der Waals surface area (Å²) in [5.41, 5.74) is -0.464. The molecule has 0 bridgehead atoms. The number of likely N-dealkylation sites (tertiary alicyclic amines) is 1. The molecule has 0 spiro atoms. The molecule has 0 aliphatic carbocycles. The molecule has 0 saturated carbocycles. The van der Waals surface area contributed by atoms with Crippen molar-refractivity contribution >= 4 is 11.6 Å². The maximum Gasteiger partial charge on any atom is 0.270 e. The number of hydrogen-bond acceptors (Lipinski definition) is 4. The molecule has 1 atom stereocenters. The lowest BCUT2D eigenvalue weighted by Gasteiger charge is -2.17. The number of rotatable bonds is 4. The van der Waals surface area contributed by atoms with Gasteiger partial charge in [-0.15, -0.1) is 0 Å². The van der Waals surface area contributed by atoms with Crippen molar-refractivity contribution < 1.29 is 19.2 Å². The van der Waals surface area contributed by atoms with Crippen LogP contribution in [0.4, 0.5) is 10.1 Å². The van der Waals surface area contributed by atoms with Gasteiger partial charge in [0.15, 0.2) is 0 Å². The van der Waals surface area contributed by atoms with Gasteiger partial charge in [-0.05, 0) is 31.2 Å². The van der Waals surface area contributed by atoms with Crippen LogP contribution in [0.3, 0.4) is 0 Å². The number of carbonyl (C=O) groups excluding carboxylic acids is 1. The summed E-state index contributed by atoms with van der Waals surface area (Å²) in [6.07, 6.45) is 1.35. The third-order valence-electron chi connectivity index (χ3n) is 3.79. The summed E-state index contributed by atoms with van der Waals surface area (Å²) in [7, 11) is 0. The van der Waals surface area contributed by atoms with Crippen molar-refractivity contribution in [1.29, 1.82) is 0 Å². The first-order chi connectivity index (χ1) is 9.93. The Kier molecular flexibility index (Phi) is 4.52. The third kappa shape index (κ3) is 3.18. The van der Waals surface area contributed by atoms with Gasteiger partial charge in [-0.25, -0.2) is 4.39 Å². The molecule has 1 aromatic rings. The number of nitro groups is 1. The summed E-state index contributed by atoms with van der Waals surface area (Å²) in [5.74, 6) is -1.04. The van der Waals surface area contributed by atoms with E-state index >= 15 is 0 Å². The van der Waals surface area contributed by atoms with E-state index in [9.17, 15) is 19.3 Å². The second kappa shape index (κ2) is 6.17. The topological polar surface area (TPSA) is 83.7 Å². The van der Waals surface area contributed by atoms with Crippen LogP contribution < -0.4 is 0 Å². The Hall–Kier alpha value is -2.02. The molecule has 1 fully saturated rings. The van der Waals surface area contributed by atoms with E-state index in [1.54, 1.807) is 0 Å². The Balaban J connectivity index is 2.25. The highest BCUT2D eigenvalue weighted by molar-refractivity contribution is 5.95. The molecule has 1 amide bonds. The van der Waals surface area contributed by atoms with Crippen molar-refractivity contribution in [2.45, 2.75) is 19.8 Å². The SMILES string of the molecule is Cc1cc([N+](=O)[O-])cc(C(=O)N2CCC(CCO)C2)c1F.